The third-order valence-electron chi connectivity index (χ3n) is 3.14. The van der Waals surface area contributed by atoms with E-state index in [-0.39, 0.29) is 23.5 Å². The van der Waals surface area contributed by atoms with E-state index in [1.807, 2.05) is 19.2 Å². The number of aromatic nitrogens is 1. The molecular weight excluding hydrogens is 320 g/mol. The Kier molecular flexibility index (Phi) is 4.17. The molecule has 2 aromatic rings. The number of nitrogens with one attached hydrogen (secondary N) is 1. The molecule has 0 saturated heterocycles. The minimum atomic E-state index is -0.246. The summed E-state index contributed by atoms with van der Waals surface area (Å²) >= 11 is 2.98. The van der Waals surface area contributed by atoms with Crippen molar-refractivity contribution in [3.63, 3.8) is 0 Å². The number of anilines is 1. The number of rotatable bonds is 4. The maximum absolute atomic E-state index is 12.5. The predicted molar refractivity (Wildman–Crippen MR) is 87.1 cm³/mol. The summed E-state index contributed by atoms with van der Waals surface area (Å²) < 4.78 is 6.17. The lowest BCUT2D eigenvalue weighted by atomic mass is 10.1. The van der Waals surface area contributed by atoms with Crippen LogP contribution in [0.15, 0.2) is 27.9 Å². The Bertz CT molecular complexity index is 742. The van der Waals surface area contributed by atoms with Crippen molar-refractivity contribution in [1.29, 1.82) is 0 Å². The molecule has 0 fully saturated rings. The highest BCUT2D eigenvalue weighted by Crippen LogP contribution is 2.32. The molecule has 1 aromatic carbocycles. The quantitative estimate of drug-likeness (QED) is 0.687. The second kappa shape index (κ2) is 6.10. The van der Waals surface area contributed by atoms with Gasteiger partial charge in [0.2, 0.25) is 0 Å². The number of ether oxygens (including phenoxy) is 1. The van der Waals surface area contributed by atoms with Crippen LogP contribution in [-0.2, 0) is 4.79 Å². The number of fused-ring (bicyclic) bond motifs is 1. The normalized spacial score (nSPS) is 14.7. The minimum absolute atomic E-state index is 0.000440. The van der Waals surface area contributed by atoms with E-state index in [9.17, 15) is 9.59 Å². The molecule has 0 bridgehead atoms. The Morgan fingerprint density at radius 2 is 2.32 bits per heavy atom. The van der Waals surface area contributed by atoms with Gasteiger partial charge in [0.1, 0.15) is 5.75 Å². The van der Waals surface area contributed by atoms with Crippen LogP contribution >= 0.6 is 23.1 Å². The molecule has 5 nitrogen and oxygen atoms in total. The average Bonchev–Trinajstić information content (AvgIpc) is 2.90. The molecular formula is C15H14N2O3S2. The van der Waals surface area contributed by atoms with Gasteiger partial charge in [-0.05, 0) is 32.0 Å². The molecule has 114 valence electrons. The number of thiazole rings is 1. The number of aryl methyl sites for hydroxylation is 1. The maximum atomic E-state index is 12.5. The van der Waals surface area contributed by atoms with Crippen LogP contribution in [0.25, 0.3) is 0 Å². The van der Waals surface area contributed by atoms with Crippen molar-refractivity contribution in [1.82, 2.24) is 4.98 Å². The number of benzene rings is 1. The third kappa shape index (κ3) is 3.15. The number of hydrogen-bond acceptors (Lipinski definition) is 6. The van der Waals surface area contributed by atoms with Crippen molar-refractivity contribution in [2.45, 2.75) is 23.4 Å². The molecule has 0 spiro atoms. The molecule has 0 saturated carbocycles. The van der Waals surface area contributed by atoms with Crippen LogP contribution in [0, 0.1) is 6.92 Å². The van der Waals surface area contributed by atoms with E-state index in [4.69, 9.17) is 4.74 Å². The van der Waals surface area contributed by atoms with Crippen molar-refractivity contribution in [2.24, 2.45) is 0 Å². The fourth-order valence-corrected chi connectivity index (χ4v) is 4.12. The smallest absolute Gasteiger partial charge is 0.262 e. The van der Waals surface area contributed by atoms with E-state index >= 15 is 0 Å². The highest BCUT2D eigenvalue weighted by molar-refractivity contribution is 8.02. The van der Waals surface area contributed by atoms with Gasteiger partial charge in [0.05, 0.1) is 10.9 Å². The van der Waals surface area contributed by atoms with Crippen molar-refractivity contribution >= 4 is 40.5 Å². The second-order valence-corrected chi connectivity index (χ2v) is 7.37. The standard InChI is InChI=1S/C15H14N2O3S2/c1-8-7-21-15(16-8)22-9(2)14(19)10-3-4-12-11(5-10)17-13(18)6-20-12/h3-5,7,9H,6H2,1-2H3,(H,17,18)/t9-/m0/s1. The Balaban J connectivity index is 1.77. The molecule has 0 aliphatic carbocycles. The lowest BCUT2D eigenvalue weighted by molar-refractivity contribution is -0.118. The molecule has 1 atom stereocenters. The van der Waals surface area contributed by atoms with E-state index in [1.165, 1.54) is 23.1 Å². The van der Waals surface area contributed by atoms with Gasteiger partial charge in [-0.25, -0.2) is 4.98 Å². The number of nitrogens with zero attached hydrogens (tertiary/aromatic N) is 1. The summed E-state index contributed by atoms with van der Waals surface area (Å²) in [5.41, 5.74) is 2.06. The molecule has 7 heteroatoms. The fourth-order valence-electron chi connectivity index (χ4n) is 2.06. The zero-order chi connectivity index (χ0) is 15.7. The fraction of sp³-hybridized carbons (Fsp3) is 0.267. The highest BCUT2D eigenvalue weighted by Gasteiger charge is 2.21. The lowest BCUT2D eigenvalue weighted by Gasteiger charge is -2.18. The van der Waals surface area contributed by atoms with Crippen LogP contribution in [0.2, 0.25) is 0 Å². The number of thioether (sulfide) groups is 1. The number of carbonyl (C=O) groups excluding carboxylic acids is 2. The van der Waals surface area contributed by atoms with Crippen LogP contribution in [0.1, 0.15) is 23.0 Å². The number of amides is 1. The second-order valence-electron chi connectivity index (χ2n) is 4.93. The third-order valence-corrected chi connectivity index (χ3v) is 5.33. The Hall–Kier alpha value is -1.86. The lowest BCUT2D eigenvalue weighted by Crippen LogP contribution is -2.25. The molecule has 1 aliphatic heterocycles. The van der Waals surface area contributed by atoms with Gasteiger partial charge in [0.15, 0.2) is 16.7 Å². The van der Waals surface area contributed by atoms with E-state index in [1.54, 1.807) is 18.2 Å². The summed E-state index contributed by atoms with van der Waals surface area (Å²) in [6, 6.07) is 5.11. The number of carbonyl (C=O) groups is 2. The van der Waals surface area contributed by atoms with Gasteiger partial charge in [-0.3, -0.25) is 9.59 Å². The molecule has 1 aliphatic rings. The zero-order valence-electron chi connectivity index (χ0n) is 12.1. The van der Waals surface area contributed by atoms with E-state index in [0.29, 0.717) is 17.0 Å². The largest absolute Gasteiger partial charge is 0.482 e. The van der Waals surface area contributed by atoms with E-state index in [2.05, 4.69) is 10.3 Å². The first-order chi connectivity index (χ1) is 10.5. The Labute approximate surface area is 136 Å². The first kappa shape index (κ1) is 15.1. The molecule has 0 unspecified atom stereocenters. The SMILES string of the molecule is Cc1csc(S[C@@H](C)C(=O)c2ccc3c(c2)NC(=O)CO3)n1. The monoisotopic (exact) mass is 334 g/mol. The highest BCUT2D eigenvalue weighted by atomic mass is 32.2. The molecule has 3 rings (SSSR count). The van der Waals surface area contributed by atoms with Crippen LogP contribution in [0.4, 0.5) is 5.69 Å². The summed E-state index contributed by atoms with van der Waals surface area (Å²) in [4.78, 5) is 28.2. The Morgan fingerprint density at radius 1 is 1.50 bits per heavy atom. The van der Waals surface area contributed by atoms with Crippen LogP contribution < -0.4 is 10.1 Å². The average molecular weight is 334 g/mol. The minimum Gasteiger partial charge on any atom is -0.482 e. The van der Waals surface area contributed by atoms with Gasteiger partial charge in [-0.15, -0.1) is 11.3 Å². The van der Waals surface area contributed by atoms with Crippen molar-refractivity contribution < 1.29 is 14.3 Å². The molecule has 0 radical (unpaired) electrons. The molecule has 22 heavy (non-hydrogen) atoms. The summed E-state index contributed by atoms with van der Waals surface area (Å²) in [5, 5.41) is 4.43. The van der Waals surface area contributed by atoms with Crippen LogP contribution in [0.5, 0.6) is 5.75 Å². The molecule has 1 amide bonds. The van der Waals surface area contributed by atoms with E-state index < -0.39 is 0 Å². The number of hydrogen-bond donors (Lipinski definition) is 1. The summed E-state index contributed by atoms with van der Waals surface area (Å²) in [7, 11) is 0. The summed E-state index contributed by atoms with van der Waals surface area (Å²) in [6.07, 6.45) is 0. The molecule has 1 N–H and O–H groups in total. The van der Waals surface area contributed by atoms with Crippen LogP contribution in [-0.4, -0.2) is 28.5 Å². The molecule has 1 aromatic heterocycles. The van der Waals surface area contributed by atoms with Gasteiger partial charge in [0, 0.05) is 16.6 Å². The van der Waals surface area contributed by atoms with Crippen molar-refractivity contribution in [3.8, 4) is 5.75 Å². The first-order valence-corrected chi connectivity index (χ1v) is 8.48. The van der Waals surface area contributed by atoms with Gasteiger partial charge in [-0.2, -0.15) is 0 Å². The summed E-state index contributed by atoms with van der Waals surface area (Å²) in [6.45, 7) is 3.80. The maximum Gasteiger partial charge on any atom is 0.262 e. The van der Waals surface area contributed by atoms with Crippen molar-refractivity contribution in [2.75, 3.05) is 11.9 Å². The van der Waals surface area contributed by atoms with Gasteiger partial charge >= 0.3 is 0 Å². The molecule has 2 heterocycles. The van der Waals surface area contributed by atoms with Gasteiger partial charge in [-0.1, -0.05) is 11.8 Å². The van der Waals surface area contributed by atoms with Gasteiger partial charge < -0.3 is 10.1 Å². The Morgan fingerprint density at radius 3 is 3.05 bits per heavy atom. The zero-order valence-corrected chi connectivity index (χ0v) is 13.7. The topological polar surface area (TPSA) is 68.3 Å². The van der Waals surface area contributed by atoms with Gasteiger partial charge in [0.25, 0.3) is 5.91 Å². The first-order valence-electron chi connectivity index (χ1n) is 6.72. The number of ketones is 1. The van der Waals surface area contributed by atoms with E-state index in [0.717, 1.165) is 10.0 Å². The number of Topliss-reactive ketones (excluding diaryl/α,β-unsaturated/α-hetero) is 1. The van der Waals surface area contributed by atoms with Crippen LogP contribution in [0.3, 0.4) is 0 Å². The summed E-state index contributed by atoms with van der Waals surface area (Å²) in [5.74, 6) is 0.380. The van der Waals surface area contributed by atoms with Crippen molar-refractivity contribution in [3.05, 3.63) is 34.8 Å². The predicted octanol–water partition coefficient (Wildman–Crippen LogP) is 3.15.